The molecule has 0 spiro atoms. The van der Waals surface area contributed by atoms with E-state index in [1.807, 2.05) is 18.2 Å². The van der Waals surface area contributed by atoms with Gasteiger partial charge in [0, 0.05) is 38.4 Å². The summed E-state index contributed by atoms with van der Waals surface area (Å²) in [5, 5.41) is 4.55. The first kappa shape index (κ1) is 39.2. The standard InChI is InChI=1S/C63H41N5/c1-5-19-42(20-6-1)44-35-37-45(38-36-44)54-41-55-52-31-13-15-33-56(52)67(51-29-11-4-12-30-51)59(55)60-58(54)53-32-14-16-34-57(53)68(60)63-65-61(46-23-9-3-10-24-46)64-62(66-63)50-28-18-27-49(40-50)48-26-17-25-47(39-48)43-21-7-2-8-22-43/h1-41H. The van der Waals surface area contributed by atoms with E-state index in [0.717, 1.165) is 77.3 Å². The molecule has 318 valence electrons. The number of hydrogen-bond acceptors (Lipinski definition) is 3. The van der Waals surface area contributed by atoms with Gasteiger partial charge in [-0.1, -0.05) is 206 Å². The predicted molar refractivity (Wildman–Crippen MR) is 281 cm³/mol. The highest BCUT2D eigenvalue weighted by atomic mass is 15.2. The molecule has 13 rings (SSSR count). The van der Waals surface area contributed by atoms with Gasteiger partial charge in [-0.15, -0.1) is 0 Å². The highest BCUT2D eigenvalue weighted by Crippen LogP contribution is 2.46. The van der Waals surface area contributed by atoms with Gasteiger partial charge in [-0.05, 0) is 87.0 Å². The van der Waals surface area contributed by atoms with Crippen molar-refractivity contribution in [2.24, 2.45) is 0 Å². The Hall–Kier alpha value is -9.19. The van der Waals surface area contributed by atoms with Gasteiger partial charge in [0.15, 0.2) is 11.6 Å². The van der Waals surface area contributed by atoms with Crippen LogP contribution in [0.4, 0.5) is 0 Å². The van der Waals surface area contributed by atoms with Gasteiger partial charge < -0.3 is 4.57 Å². The third-order valence-corrected chi connectivity index (χ3v) is 13.2. The molecule has 3 heterocycles. The van der Waals surface area contributed by atoms with Crippen molar-refractivity contribution in [3.05, 3.63) is 249 Å². The van der Waals surface area contributed by atoms with Crippen LogP contribution in [0.2, 0.25) is 0 Å². The fourth-order valence-electron chi connectivity index (χ4n) is 10.0. The quantitative estimate of drug-likeness (QED) is 0.153. The molecule has 0 atom stereocenters. The van der Waals surface area contributed by atoms with Crippen LogP contribution in [0, 0.1) is 0 Å². The smallest absolute Gasteiger partial charge is 0.238 e. The van der Waals surface area contributed by atoms with Crippen molar-refractivity contribution in [2.75, 3.05) is 0 Å². The second-order valence-electron chi connectivity index (χ2n) is 17.2. The Morgan fingerprint density at radius 2 is 0.706 bits per heavy atom. The second kappa shape index (κ2) is 16.4. The molecule has 0 N–H and O–H groups in total. The molecule has 10 aromatic carbocycles. The lowest BCUT2D eigenvalue weighted by molar-refractivity contribution is 0.953. The molecule has 5 heteroatoms. The summed E-state index contributed by atoms with van der Waals surface area (Å²) >= 11 is 0. The summed E-state index contributed by atoms with van der Waals surface area (Å²) in [6.45, 7) is 0. The molecule has 13 aromatic rings. The van der Waals surface area contributed by atoms with Crippen LogP contribution in [0.1, 0.15) is 0 Å². The third-order valence-electron chi connectivity index (χ3n) is 13.2. The second-order valence-corrected chi connectivity index (χ2v) is 17.2. The van der Waals surface area contributed by atoms with Gasteiger partial charge in [0.2, 0.25) is 5.95 Å². The number of para-hydroxylation sites is 3. The van der Waals surface area contributed by atoms with Crippen molar-refractivity contribution in [1.29, 1.82) is 0 Å². The maximum atomic E-state index is 5.51. The van der Waals surface area contributed by atoms with E-state index >= 15 is 0 Å². The van der Waals surface area contributed by atoms with Crippen LogP contribution < -0.4 is 0 Å². The molecular formula is C63H41N5. The van der Waals surface area contributed by atoms with Crippen molar-refractivity contribution >= 4 is 43.6 Å². The van der Waals surface area contributed by atoms with E-state index in [4.69, 9.17) is 15.0 Å². The number of rotatable bonds is 8. The number of nitrogens with zero attached hydrogens (tertiary/aromatic N) is 5. The number of aromatic nitrogens is 5. The zero-order chi connectivity index (χ0) is 45.0. The number of hydrogen-bond donors (Lipinski definition) is 0. The largest absolute Gasteiger partial charge is 0.307 e. The lowest BCUT2D eigenvalue weighted by Gasteiger charge is -2.15. The molecule has 0 amide bonds. The van der Waals surface area contributed by atoms with Crippen LogP contribution in [0.15, 0.2) is 249 Å². The van der Waals surface area contributed by atoms with Gasteiger partial charge >= 0.3 is 0 Å². The minimum absolute atomic E-state index is 0.541. The average Bonchev–Trinajstić information content (AvgIpc) is 3.95. The first-order chi connectivity index (χ1) is 33.7. The Labute approximate surface area is 393 Å². The normalized spacial score (nSPS) is 11.5. The van der Waals surface area contributed by atoms with E-state index in [2.05, 4.69) is 240 Å². The molecule has 0 aliphatic heterocycles. The Morgan fingerprint density at radius 3 is 1.35 bits per heavy atom. The monoisotopic (exact) mass is 867 g/mol. The van der Waals surface area contributed by atoms with E-state index in [-0.39, 0.29) is 0 Å². The van der Waals surface area contributed by atoms with E-state index < -0.39 is 0 Å². The molecule has 0 aliphatic rings. The summed E-state index contributed by atoms with van der Waals surface area (Å²) in [5.41, 5.74) is 16.3. The topological polar surface area (TPSA) is 48.5 Å². The summed E-state index contributed by atoms with van der Waals surface area (Å²) < 4.78 is 4.70. The van der Waals surface area contributed by atoms with E-state index in [1.165, 1.54) is 27.6 Å². The van der Waals surface area contributed by atoms with E-state index in [0.29, 0.717) is 17.6 Å². The molecule has 0 radical (unpaired) electrons. The van der Waals surface area contributed by atoms with Crippen molar-refractivity contribution in [3.8, 4) is 78.9 Å². The Kier molecular flexibility index (Phi) is 9.43. The molecular weight excluding hydrogens is 827 g/mol. The Bertz CT molecular complexity index is 3990. The molecule has 0 saturated carbocycles. The molecule has 0 fully saturated rings. The molecule has 3 aromatic heterocycles. The van der Waals surface area contributed by atoms with Crippen molar-refractivity contribution in [2.45, 2.75) is 0 Å². The fraction of sp³-hybridized carbons (Fsp3) is 0. The number of benzene rings is 10. The minimum atomic E-state index is 0.541. The molecule has 0 unspecified atom stereocenters. The molecule has 0 saturated heterocycles. The van der Waals surface area contributed by atoms with Gasteiger partial charge in [0.25, 0.3) is 0 Å². The van der Waals surface area contributed by atoms with E-state index in [9.17, 15) is 0 Å². The average molecular weight is 868 g/mol. The summed E-state index contributed by atoms with van der Waals surface area (Å²) in [7, 11) is 0. The lowest BCUT2D eigenvalue weighted by atomic mass is 9.95. The first-order valence-corrected chi connectivity index (χ1v) is 23.0. The van der Waals surface area contributed by atoms with Crippen molar-refractivity contribution in [3.63, 3.8) is 0 Å². The summed E-state index contributed by atoms with van der Waals surface area (Å²) in [5.74, 6) is 1.73. The maximum absolute atomic E-state index is 5.51. The lowest BCUT2D eigenvalue weighted by Crippen LogP contribution is -2.07. The molecule has 0 aliphatic carbocycles. The van der Waals surface area contributed by atoms with Crippen LogP contribution in [0.3, 0.4) is 0 Å². The molecule has 68 heavy (non-hydrogen) atoms. The highest BCUT2D eigenvalue weighted by molar-refractivity contribution is 6.28. The summed E-state index contributed by atoms with van der Waals surface area (Å²) in [6, 6.07) is 88.2. The highest BCUT2D eigenvalue weighted by Gasteiger charge is 2.26. The molecule has 5 nitrogen and oxygen atoms in total. The van der Waals surface area contributed by atoms with Crippen molar-refractivity contribution in [1.82, 2.24) is 24.1 Å². The molecule has 0 bridgehead atoms. The summed E-state index contributed by atoms with van der Waals surface area (Å²) in [6.07, 6.45) is 0. The zero-order valence-electron chi connectivity index (χ0n) is 36.9. The summed E-state index contributed by atoms with van der Waals surface area (Å²) in [4.78, 5) is 16.2. The zero-order valence-corrected chi connectivity index (χ0v) is 36.9. The maximum Gasteiger partial charge on any atom is 0.238 e. The minimum Gasteiger partial charge on any atom is -0.307 e. The van der Waals surface area contributed by atoms with Gasteiger partial charge in [-0.25, -0.2) is 4.98 Å². The predicted octanol–water partition coefficient (Wildman–Crippen LogP) is 16.1. The SMILES string of the molecule is c1ccc(-c2ccc(-c3cc4c5ccccc5n(-c5ccccc5)c4c4c3c3ccccc3n4-c3nc(-c4ccccc4)nc(-c4cccc(-c5cccc(-c6ccccc6)c5)c4)n3)cc2)cc1. The Balaban J connectivity index is 1.11. The number of fused-ring (bicyclic) bond motifs is 7. The van der Waals surface area contributed by atoms with Crippen LogP contribution in [0.25, 0.3) is 123 Å². The van der Waals surface area contributed by atoms with Crippen LogP contribution in [-0.4, -0.2) is 24.1 Å². The van der Waals surface area contributed by atoms with Gasteiger partial charge in [-0.3, -0.25) is 4.57 Å². The third kappa shape index (κ3) is 6.68. The van der Waals surface area contributed by atoms with Crippen LogP contribution in [-0.2, 0) is 0 Å². The van der Waals surface area contributed by atoms with Crippen LogP contribution in [0.5, 0.6) is 0 Å². The fourth-order valence-corrected chi connectivity index (χ4v) is 10.0. The van der Waals surface area contributed by atoms with Gasteiger partial charge in [0.05, 0.1) is 22.1 Å². The van der Waals surface area contributed by atoms with Gasteiger partial charge in [0.1, 0.15) is 0 Å². The van der Waals surface area contributed by atoms with Crippen LogP contribution >= 0.6 is 0 Å². The van der Waals surface area contributed by atoms with E-state index in [1.54, 1.807) is 0 Å². The van der Waals surface area contributed by atoms with Gasteiger partial charge in [-0.2, -0.15) is 9.97 Å². The first-order valence-electron chi connectivity index (χ1n) is 23.0. The van der Waals surface area contributed by atoms with Crippen molar-refractivity contribution < 1.29 is 0 Å². The Morgan fingerprint density at radius 1 is 0.265 bits per heavy atom.